The Morgan fingerprint density at radius 1 is 1.46 bits per heavy atom. The molecule has 0 heterocycles. The van der Waals surface area contributed by atoms with E-state index in [0.29, 0.717) is 12.8 Å². The average molecular weight is 190 g/mol. The summed E-state index contributed by atoms with van der Waals surface area (Å²) in [6, 6.07) is 0. The van der Waals surface area contributed by atoms with Gasteiger partial charge in [0.2, 0.25) is 0 Å². The van der Waals surface area contributed by atoms with E-state index in [4.69, 9.17) is 5.11 Å². The van der Waals surface area contributed by atoms with E-state index in [1.54, 1.807) is 0 Å². The number of ether oxygens (including phenoxy) is 2. The Kier molecular flexibility index (Phi) is 5.88. The van der Waals surface area contributed by atoms with Crippen molar-refractivity contribution in [2.45, 2.75) is 25.9 Å². The number of aliphatic hydroxyl groups is 1. The minimum absolute atomic E-state index is 0.401. The average Bonchev–Trinajstić information content (AvgIpc) is 2.15. The molecule has 0 bridgehead atoms. The fourth-order valence-electron chi connectivity index (χ4n) is 0.814. The molecule has 0 aromatic carbocycles. The quantitative estimate of drug-likeness (QED) is 0.611. The SMILES string of the molecule is CCCC(OC(=O)CO)C(=O)OC. The summed E-state index contributed by atoms with van der Waals surface area (Å²) in [4.78, 5) is 21.6. The molecular weight excluding hydrogens is 176 g/mol. The predicted octanol–water partition coefficient (Wildman–Crippen LogP) is -0.136. The van der Waals surface area contributed by atoms with E-state index in [-0.39, 0.29) is 0 Å². The maximum absolute atomic E-state index is 11.0. The van der Waals surface area contributed by atoms with Gasteiger partial charge in [-0.2, -0.15) is 0 Å². The van der Waals surface area contributed by atoms with Crippen molar-refractivity contribution < 1.29 is 24.2 Å². The molecule has 0 spiro atoms. The van der Waals surface area contributed by atoms with Crippen LogP contribution < -0.4 is 0 Å². The summed E-state index contributed by atoms with van der Waals surface area (Å²) < 4.78 is 9.04. The van der Waals surface area contributed by atoms with Crippen LogP contribution >= 0.6 is 0 Å². The van der Waals surface area contributed by atoms with Crippen molar-refractivity contribution in [1.29, 1.82) is 0 Å². The van der Waals surface area contributed by atoms with Gasteiger partial charge < -0.3 is 14.6 Å². The molecule has 5 heteroatoms. The van der Waals surface area contributed by atoms with E-state index < -0.39 is 24.6 Å². The smallest absolute Gasteiger partial charge is 0.347 e. The molecule has 0 amide bonds. The lowest BCUT2D eigenvalue weighted by atomic mass is 10.2. The van der Waals surface area contributed by atoms with Crippen molar-refractivity contribution in [3.8, 4) is 0 Å². The summed E-state index contributed by atoms with van der Waals surface area (Å²) in [5.74, 6) is -1.41. The van der Waals surface area contributed by atoms with Gasteiger partial charge in [-0.15, -0.1) is 0 Å². The van der Waals surface area contributed by atoms with E-state index in [0.717, 1.165) is 0 Å². The lowest BCUT2D eigenvalue weighted by molar-refractivity contribution is -0.168. The molecule has 0 saturated carbocycles. The van der Waals surface area contributed by atoms with Crippen LogP contribution in [0.4, 0.5) is 0 Å². The number of carbonyl (C=O) groups excluding carboxylic acids is 2. The van der Waals surface area contributed by atoms with Gasteiger partial charge in [-0.1, -0.05) is 13.3 Å². The number of esters is 2. The summed E-state index contributed by atoms with van der Waals surface area (Å²) >= 11 is 0. The largest absolute Gasteiger partial charge is 0.466 e. The molecule has 0 aromatic heterocycles. The zero-order valence-electron chi connectivity index (χ0n) is 7.78. The molecule has 76 valence electrons. The van der Waals surface area contributed by atoms with Crippen molar-refractivity contribution in [2.24, 2.45) is 0 Å². The molecule has 0 saturated heterocycles. The van der Waals surface area contributed by atoms with E-state index >= 15 is 0 Å². The molecule has 0 aliphatic rings. The fraction of sp³-hybridized carbons (Fsp3) is 0.750. The van der Waals surface area contributed by atoms with Crippen molar-refractivity contribution in [3.05, 3.63) is 0 Å². The first-order valence-corrected chi connectivity index (χ1v) is 4.03. The summed E-state index contributed by atoms with van der Waals surface area (Å²) in [5, 5.41) is 8.38. The Bertz CT molecular complexity index is 177. The van der Waals surface area contributed by atoms with Crippen LogP contribution in [0.5, 0.6) is 0 Å². The molecule has 1 unspecified atom stereocenters. The molecule has 0 radical (unpaired) electrons. The Morgan fingerprint density at radius 2 is 2.08 bits per heavy atom. The third-order valence-corrected chi connectivity index (χ3v) is 1.42. The number of rotatable bonds is 5. The highest BCUT2D eigenvalue weighted by atomic mass is 16.6. The zero-order chi connectivity index (χ0) is 10.3. The third-order valence-electron chi connectivity index (χ3n) is 1.42. The van der Waals surface area contributed by atoms with Gasteiger partial charge in [0, 0.05) is 0 Å². The second-order valence-electron chi connectivity index (χ2n) is 2.45. The maximum atomic E-state index is 11.0. The normalized spacial score (nSPS) is 11.9. The predicted molar refractivity (Wildman–Crippen MR) is 43.9 cm³/mol. The lowest BCUT2D eigenvalue weighted by Crippen LogP contribution is -2.29. The summed E-state index contributed by atoms with van der Waals surface area (Å²) in [6.07, 6.45) is 0.200. The van der Waals surface area contributed by atoms with Crippen molar-refractivity contribution in [2.75, 3.05) is 13.7 Å². The first-order valence-electron chi connectivity index (χ1n) is 4.03. The Morgan fingerprint density at radius 3 is 2.46 bits per heavy atom. The van der Waals surface area contributed by atoms with Gasteiger partial charge >= 0.3 is 11.9 Å². The van der Waals surface area contributed by atoms with Crippen LogP contribution in [0.1, 0.15) is 19.8 Å². The molecule has 0 aromatic rings. The Labute approximate surface area is 76.6 Å². The standard InChI is InChI=1S/C8H14O5/c1-3-4-6(8(11)12-2)13-7(10)5-9/h6,9H,3-5H2,1-2H3. The van der Waals surface area contributed by atoms with E-state index in [2.05, 4.69) is 9.47 Å². The highest BCUT2D eigenvalue weighted by Crippen LogP contribution is 2.04. The summed E-state index contributed by atoms with van der Waals surface area (Å²) in [5.41, 5.74) is 0. The molecule has 1 N–H and O–H groups in total. The maximum Gasteiger partial charge on any atom is 0.347 e. The molecule has 5 nitrogen and oxygen atoms in total. The van der Waals surface area contributed by atoms with Gasteiger partial charge in [0.1, 0.15) is 6.61 Å². The monoisotopic (exact) mass is 190 g/mol. The second kappa shape index (κ2) is 6.42. The highest BCUT2D eigenvalue weighted by molar-refractivity contribution is 5.79. The summed E-state index contributed by atoms with van der Waals surface area (Å²) in [6.45, 7) is 1.12. The third kappa shape index (κ3) is 4.47. The number of hydrogen-bond acceptors (Lipinski definition) is 5. The zero-order valence-corrected chi connectivity index (χ0v) is 7.78. The van der Waals surface area contributed by atoms with Crippen LogP contribution in [0.25, 0.3) is 0 Å². The number of methoxy groups -OCH3 is 1. The molecule has 13 heavy (non-hydrogen) atoms. The van der Waals surface area contributed by atoms with Gasteiger partial charge in [-0.05, 0) is 6.42 Å². The molecule has 0 rings (SSSR count). The lowest BCUT2D eigenvalue weighted by Gasteiger charge is -2.13. The van der Waals surface area contributed by atoms with Gasteiger partial charge in [-0.3, -0.25) is 0 Å². The van der Waals surface area contributed by atoms with Crippen LogP contribution in [0.15, 0.2) is 0 Å². The minimum atomic E-state index is -0.894. The van der Waals surface area contributed by atoms with Crippen molar-refractivity contribution in [3.63, 3.8) is 0 Å². The first kappa shape index (κ1) is 11.9. The van der Waals surface area contributed by atoms with Crippen LogP contribution in [0.2, 0.25) is 0 Å². The van der Waals surface area contributed by atoms with Crippen LogP contribution in [-0.2, 0) is 19.1 Å². The highest BCUT2D eigenvalue weighted by Gasteiger charge is 2.21. The van der Waals surface area contributed by atoms with Gasteiger partial charge in [0.05, 0.1) is 7.11 Å². The molecule has 1 atom stereocenters. The first-order chi connectivity index (χ1) is 6.15. The molecular formula is C8H14O5. The topological polar surface area (TPSA) is 72.8 Å². The molecule has 0 aliphatic heterocycles. The Balaban J connectivity index is 4.08. The minimum Gasteiger partial charge on any atom is -0.466 e. The fourth-order valence-corrected chi connectivity index (χ4v) is 0.814. The van der Waals surface area contributed by atoms with Crippen molar-refractivity contribution in [1.82, 2.24) is 0 Å². The number of carbonyl (C=O) groups is 2. The van der Waals surface area contributed by atoms with E-state index in [1.165, 1.54) is 7.11 Å². The Hall–Kier alpha value is -1.10. The van der Waals surface area contributed by atoms with E-state index in [1.807, 2.05) is 6.92 Å². The van der Waals surface area contributed by atoms with Gasteiger partial charge in [-0.25, -0.2) is 9.59 Å². The molecule has 0 aliphatic carbocycles. The van der Waals surface area contributed by atoms with Crippen molar-refractivity contribution >= 4 is 11.9 Å². The van der Waals surface area contributed by atoms with Gasteiger partial charge in [0.15, 0.2) is 6.10 Å². The van der Waals surface area contributed by atoms with Crippen LogP contribution in [0.3, 0.4) is 0 Å². The van der Waals surface area contributed by atoms with E-state index in [9.17, 15) is 9.59 Å². The van der Waals surface area contributed by atoms with Crippen LogP contribution in [0, 0.1) is 0 Å². The molecule has 0 fully saturated rings. The van der Waals surface area contributed by atoms with Crippen LogP contribution in [-0.4, -0.2) is 36.9 Å². The number of hydrogen-bond donors (Lipinski definition) is 1. The number of aliphatic hydroxyl groups excluding tert-OH is 1. The second-order valence-corrected chi connectivity index (χ2v) is 2.45. The van der Waals surface area contributed by atoms with Gasteiger partial charge in [0.25, 0.3) is 0 Å². The summed E-state index contributed by atoms with van der Waals surface area (Å²) in [7, 11) is 1.22.